The highest BCUT2D eigenvalue weighted by Crippen LogP contribution is 2.37. The number of nitrogen functional groups attached to an aromatic ring is 1. The van der Waals surface area contributed by atoms with Gasteiger partial charge in [-0.3, -0.25) is 14.9 Å². The van der Waals surface area contributed by atoms with Crippen molar-refractivity contribution in [3.63, 3.8) is 0 Å². The quantitative estimate of drug-likeness (QED) is 0.185. The second-order valence-electron chi connectivity index (χ2n) is 7.76. The lowest BCUT2D eigenvalue weighted by Crippen LogP contribution is -2.34. The van der Waals surface area contributed by atoms with Gasteiger partial charge in [0.15, 0.2) is 11.5 Å². The molecule has 0 saturated heterocycles. The molecule has 11 heteroatoms. The van der Waals surface area contributed by atoms with E-state index in [0.29, 0.717) is 11.3 Å². The van der Waals surface area contributed by atoms with Crippen molar-refractivity contribution in [2.45, 2.75) is 12.6 Å². The smallest absolute Gasteiger partial charge is 0.247 e. The Morgan fingerprint density at radius 3 is 2.34 bits per heavy atom. The van der Waals surface area contributed by atoms with E-state index in [-0.39, 0.29) is 35.1 Å². The molecule has 0 aliphatic rings. The molecule has 1 atom stereocenters. The number of amidine groups is 1. The van der Waals surface area contributed by atoms with E-state index in [1.807, 2.05) is 30.3 Å². The first-order chi connectivity index (χ1) is 16.6. The van der Waals surface area contributed by atoms with E-state index in [1.165, 1.54) is 19.2 Å². The molecule has 0 bridgehead atoms. The molecule has 0 aliphatic heterocycles. The maximum atomic E-state index is 13.4. The number of carbonyl (C=O) groups is 1. The van der Waals surface area contributed by atoms with Gasteiger partial charge in [0, 0.05) is 29.4 Å². The summed E-state index contributed by atoms with van der Waals surface area (Å²) in [6.07, 6.45) is 0.969. The summed E-state index contributed by atoms with van der Waals surface area (Å²) in [6, 6.07) is 17.3. The molecule has 0 radical (unpaired) electrons. The minimum Gasteiger partial charge on any atom is -0.504 e. The maximum absolute atomic E-state index is 13.4. The van der Waals surface area contributed by atoms with Crippen LogP contribution in [0.1, 0.15) is 22.7 Å². The summed E-state index contributed by atoms with van der Waals surface area (Å²) in [5.41, 5.74) is 7.66. The number of phenolic OH excluding ortho intramolecular Hbond substituents is 1. The van der Waals surface area contributed by atoms with Gasteiger partial charge < -0.3 is 26.2 Å². The zero-order valence-corrected chi connectivity index (χ0v) is 20.0. The van der Waals surface area contributed by atoms with E-state index in [2.05, 4.69) is 15.4 Å². The fourth-order valence-electron chi connectivity index (χ4n) is 3.36. The largest absolute Gasteiger partial charge is 0.504 e. The summed E-state index contributed by atoms with van der Waals surface area (Å²) in [6.45, 7) is 0.241. The number of rotatable bonds is 10. The Balaban J connectivity index is 2.03. The average molecular weight is 498 g/mol. The highest BCUT2D eigenvalue weighted by molar-refractivity contribution is 7.92. The van der Waals surface area contributed by atoms with E-state index in [4.69, 9.17) is 15.9 Å². The van der Waals surface area contributed by atoms with Crippen molar-refractivity contribution >= 4 is 33.1 Å². The van der Waals surface area contributed by atoms with Crippen LogP contribution in [0.5, 0.6) is 11.5 Å². The van der Waals surface area contributed by atoms with Crippen LogP contribution in [-0.2, 0) is 21.4 Å². The number of amides is 1. The van der Waals surface area contributed by atoms with Crippen LogP contribution in [0.2, 0.25) is 0 Å². The number of sulfonamides is 1. The van der Waals surface area contributed by atoms with E-state index >= 15 is 0 Å². The van der Waals surface area contributed by atoms with Crippen molar-refractivity contribution in [3.8, 4) is 11.5 Å². The van der Waals surface area contributed by atoms with Crippen molar-refractivity contribution in [1.82, 2.24) is 5.32 Å². The second-order valence-corrected chi connectivity index (χ2v) is 9.51. The number of hydrogen-bond acceptors (Lipinski definition) is 7. The summed E-state index contributed by atoms with van der Waals surface area (Å²) < 4.78 is 31.6. The summed E-state index contributed by atoms with van der Waals surface area (Å²) >= 11 is 0. The first-order valence-corrected chi connectivity index (χ1v) is 12.4. The summed E-state index contributed by atoms with van der Waals surface area (Å²) in [4.78, 5) is 13.4. The summed E-state index contributed by atoms with van der Waals surface area (Å²) in [5.74, 6) is -0.782. The number of benzene rings is 3. The third-order valence-corrected chi connectivity index (χ3v) is 5.63. The van der Waals surface area contributed by atoms with Gasteiger partial charge >= 0.3 is 0 Å². The maximum Gasteiger partial charge on any atom is 0.247 e. The standard InChI is InChI=1S/C24H27N5O5S/c1-34-21-12-18(19(13-20(21)30)29-35(2,32)33)22(24(31)27-14-15-6-4-3-5-7-15)28-17-10-8-16(9-11-17)23(25)26/h3-13,22,28-30H,14H2,1-2H3,(H3,25,26)(H,27,31). The van der Waals surface area contributed by atoms with Crippen LogP contribution >= 0.6 is 0 Å². The average Bonchev–Trinajstić information content (AvgIpc) is 2.81. The first kappa shape index (κ1) is 25.4. The van der Waals surface area contributed by atoms with E-state index in [0.717, 1.165) is 11.8 Å². The van der Waals surface area contributed by atoms with Crippen LogP contribution < -0.4 is 25.8 Å². The lowest BCUT2D eigenvalue weighted by Gasteiger charge is -2.24. The third kappa shape index (κ3) is 6.87. The molecule has 0 aliphatic carbocycles. The highest BCUT2D eigenvalue weighted by atomic mass is 32.2. The lowest BCUT2D eigenvalue weighted by molar-refractivity contribution is -0.122. The molecule has 0 spiro atoms. The number of methoxy groups -OCH3 is 1. The topological polar surface area (TPSA) is 167 Å². The molecule has 0 heterocycles. The molecular weight excluding hydrogens is 470 g/mol. The predicted octanol–water partition coefficient (Wildman–Crippen LogP) is 2.53. The van der Waals surface area contributed by atoms with Crippen LogP contribution in [0.4, 0.5) is 11.4 Å². The summed E-state index contributed by atoms with van der Waals surface area (Å²) in [5, 5.41) is 23.8. The molecule has 3 aromatic carbocycles. The van der Waals surface area contributed by atoms with Gasteiger partial charge in [0.1, 0.15) is 11.9 Å². The normalized spacial score (nSPS) is 11.8. The van der Waals surface area contributed by atoms with Crippen molar-refractivity contribution in [2.75, 3.05) is 23.4 Å². The van der Waals surface area contributed by atoms with Gasteiger partial charge in [-0.1, -0.05) is 30.3 Å². The SMILES string of the molecule is COc1cc(C(Nc2ccc(C(=N)N)cc2)C(=O)NCc2ccccc2)c(NS(C)(=O)=O)cc1O. The number of carbonyl (C=O) groups excluding carboxylic acids is 1. The number of hydrogen-bond donors (Lipinski definition) is 6. The molecule has 3 aromatic rings. The van der Waals surface area contributed by atoms with Crippen LogP contribution in [0.3, 0.4) is 0 Å². The highest BCUT2D eigenvalue weighted by Gasteiger charge is 2.26. The molecule has 35 heavy (non-hydrogen) atoms. The van der Waals surface area contributed by atoms with Gasteiger partial charge in [-0.05, 0) is 35.9 Å². The number of nitrogens with two attached hydrogens (primary N) is 1. The minimum atomic E-state index is -3.74. The molecule has 10 nitrogen and oxygen atoms in total. The zero-order chi connectivity index (χ0) is 25.6. The first-order valence-electron chi connectivity index (χ1n) is 10.5. The molecule has 7 N–H and O–H groups in total. The Kier molecular flexibility index (Phi) is 7.82. The predicted molar refractivity (Wildman–Crippen MR) is 135 cm³/mol. The molecular formula is C24H27N5O5S. The zero-order valence-electron chi connectivity index (χ0n) is 19.2. The molecule has 1 unspecified atom stereocenters. The molecule has 0 aromatic heterocycles. The number of aromatic hydroxyl groups is 1. The van der Waals surface area contributed by atoms with Crippen LogP contribution in [0.25, 0.3) is 0 Å². The van der Waals surface area contributed by atoms with Crippen molar-refractivity contribution in [2.24, 2.45) is 5.73 Å². The fourth-order valence-corrected chi connectivity index (χ4v) is 3.94. The van der Waals surface area contributed by atoms with E-state index in [1.54, 1.807) is 24.3 Å². The molecule has 184 valence electrons. The second kappa shape index (κ2) is 10.8. The number of ether oxygens (including phenoxy) is 1. The lowest BCUT2D eigenvalue weighted by atomic mass is 10.0. The Morgan fingerprint density at radius 2 is 1.77 bits per heavy atom. The molecule has 3 rings (SSSR count). The Hall–Kier alpha value is -4.25. The van der Waals surface area contributed by atoms with Gasteiger partial charge in [-0.25, -0.2) is 8.42 Å². The minimum absolute atomic E-state index is 0.0125. The van der Waals surface area contributed by atoms with Crippen molar-refractivity contribution in [1.29, 1.82) is 5.41 Å². The third-order valence-electron chi connectivity index (χ3n) is 5.04. The Bertz CT molecular complexity index is 1310. The summed E-state index contributed by atoms with van der Waals surface area (Å²) in [7, 11) is -2.39. The van der Waals surface area contributed by atoms with E-state index < -0.39 is 22.0 Å². The van der Waals surface area contributed by atoms with Gasteiger partial charge in [0.2, 0.25) is 15.9 Å². The van der Waals surface area contributed by atoms with Gasteiger partial charge in [0.05, 0.1) is 19.1 Å². The van der Waals surface area contributed by atoms with Crippen LogP contribution in [0.15, 0.2) is 66.7 Å². The fraction of sp³-hybridized carbons (Fsp3) is 0.167. The van der Waals surface area contributed by atoms with Crippen molar-refractivity contribution in [3.05, 3.63) is 83.4 Å². The number of nitrogens with one attached hydrogen (secondary N) is 4. The Labute approximate surface area is 203 Å². The monoisotopic (exact) mass is 497 g/mol. The molecule has 1 amide bonds. The van der Waals surface area contributed by atoms with Crippen molar-refractivity contribution < 1.29 is 23.1 Å². The Morgan fingerprint density at radius 1 is 1.11 bits per heavy atom. The van der Waals surface area contributed by atoms with Gasteiger partial charge in [-0.2, -0.15) is 0 Å². The van der Waals surface area contributed by atoms with Crippen LogP contribution in [0, 0.1) is 5.41 Å². The van der Waals surface area contributed by atoms with E-state index in [9.17, 15) is 18.3 Å². The molecule has 0 saturated carbocycles. The number of anilines is 2. The van der Waals surface area contributed by atoms with Crippen LogP contribution in [-0.4, -0.2) is 38.6 Å². The van der Waals surface area contributed by atoms with Gasteiger partial charge in [0.25, 0.3) is 0 Å². The van der Waals surface area contributed by atoms with Gasteiger partial charge in [-0.15, -0.1) is 0 Å². The molecule has 0 fully saturated rings. The number of phenols is 1.